The lowest BCUT2D eigenvalue weighted by Crippen LogP contribution is -2.51. The third kappa shape index (κ3) is 2.95. The molecule has 116 valence electrons. The third-order valence-electron chi connectivity index (χ3n) is 4.54. The van der Waals surface area contributed by atoms with E-state index in [9.17, 15) is 4.79 Å². The van der Waals surface area contributed by atoms with Crippen molar-refractivity contribution in [2.45, 2.75) is 25.4 Å². The zero-order chi connectivity index (χ0) is 14.9. The van der Waals surface area contributed by atoms with Gasteiger partial charge >= 0.3 is 6.03 Å². The largest absolute Gasteiger partial charge is 0.357 e. The number of hydrogen-bond acceptors (Lipinski definition) is 2. The SMILES string of the molecule is O=C(NC1CC1)N1CCN(Cc2cc3ccccc3[nH]2)CC1. The molecule has 1 aliphatic carbocycles. The third-order valence-corrected chi connectivity index (χ3v) is 4.54. The number of nitrogens with zero attached hydrogens (tertiary/aromatic N) is 2. The molecule has 2 fully saturated rings. The van der Waals surface area contributed by atoms with Gasteiger partial charge in [0, 0.05) is 50.0 Å². The van der Waals surface area contributed by atoms with Gasteiger partial charge in [-0.2, -0.15) is 0 Å². The van der Waals surface area contributed by atoms with Gasteiger partial charge in [-0.15, -0.1) is 0 Å². The van der Waals surface area contributed by atoms with Crippen LogP contribution in [0.2, 0.25) is 0 Å². The first-order valence-electron chi connectivity index (χ1n) is 8.12. The molecule has 2 amide bonds. The molecule has 0 spiro atoms. The Balaban J connectivity index is 1.32. The van der Waals surface area contributed by atoms with Crippen molar-refractivity contribution >= 4 is 16.9 Å². The van der Waals surface area contributed by atoms with E-state index in [1.54, 1.807) is 0 Å². The van der Waals surface area contributed by atoms with E-state index >= 15 is 0 Å². The molecule has 5 nitrogen and oxygen atoms in total. The van der Waals surface area contributed by atoms with Crippen molar-refractivity contribution in [3.8, 4) is 0 Å². The van der Waals surface area contributed by atoms with E-state index in [0.717, 1.165) is 45.6 Å². The Bertz CT molecular complexity index is 635. The van der Waals surface area contributed by atoms with Crippen molar-refractivity contribution in [1.29, 1.82) is 0 Å². The van der Waals surface area contributed by atoms with E-state index in [-0.39, 0.29) is 6.03 Å². The molecule has 2 aliphatic rings. The molecule has 1 saturated carbocycles. The highest BCUT2D eigenvalue weighted by Gasteiger charge is 2.27. The maximum absolute atomic E-state index is 12.0. The van der Waals surface area contributed by atoms with Gasteiger partial charge in [0.25, 0.3) is 0 Å². The standard InChI is InChI=1S/C17H22N4O/c22-17(19-14-5-6-14)21-9-7-20(8-10-21)12-15-11-13-3-1-2-4-16(13)18-15/h1-4,11,14,18H,5-10,12H2,(H,19,22). The number of benzene rings is 1. The summed E-state index contributed by atoms with van der Waals surface area (Å²) in [4.78, 5) is 19.9. The molecule has 1 aromatic carbocycles. The van der Waals surface area contributed by atoms with Gasteiger partial charge < -0.3 is 15.2 Å². The molecule has 2 aromatic rings. The summed E-state index contributed by atoms with van der Waals surface area (Å²) in [6.45, 7) is 4.44. The zero-order valence-electron chi connectivity index (χ0n) is 12.7. The number of fused-ring (bicyclic) bond motifs is 1. The predicted molar refractivity (Wildman–Crippen MR) is 86.7 cm³/mol. The van der Waals surface area contributed by atoms with Crippen molar-refractivity contribution in [2.24, 2.45) is 0 Å². The summed E-state index contributed by atoms with van der Waals surface area (Å²) >= 11 is 0. The lowest BCUT2D eigenvalue weighted by atomic mass is 10.2. The molecular weight excluding hydrogens is 276 g/mol. The van der Waals surface area contributed by atoms with Crippen LogP contribution in [0.25, 0.3) is 10.9 Å². The highest BCUT2D eigenvalue weighted by atomic mass is 16.2. The molecular formula is C17H22N4O. The summed E-state index contributed by atoms with van der Waals surface area (Å²) in [7, 11) is 0. The van der Waals surface area contributed by atoms with E-state index in [1.165, 1.54) is 16.6 Å². The minimum Gasteiger partial charge on any atom is -0.357 e. The second kappa shape index (κ2) is 5.65. The molecule has 1 aromatic heterocycles. The van der Waals surface area contributed by atoms with Crippen LogP contribution < -0.4 is 5.32 Å². The van der Waals surface area contributed by atoms with Gasteiger partial charge in [-0.25, -0.2) is 4.79 Å². The zero-order valence-corrected chi connectivity index (χ0v) is 12.7. The number of aromatic amines is 1. The first-order valence-corrected chi connectivity index (χ1v) is 8.12. The number of amides is 2. The Morgan fingerprint density at radius 1 is 1.18 bits per heavy atom. The normalized spacial score (nSPS) is 19.5. The molecule has 0 radical (unpaired) electrons. The van der Waals surface area contributed by atoms with Crippen LogP contribution in [0.15, 0.2) is 30.3 Å². The first kappa shape index (κ1) is 13.6. The molecule has 0 unspecified atom stereocenters. The monoisotopic (exact) mass is 298 g/mol. The van der Waals surface area contributed by atoms with E-state index in [0.29, 0.717) is 6.04 Å². The fraction of sp³-hybridized carbons (Fsp3) is 0.471. The van der Waals surface area contributed by atoms with Crippen molar-refractivity contribution in [2.75, 3.05) is 26.2 Å². The number of rotatable bonds is 3. The number of piperazine rings is 1. The Labute approximate surface area is 130 Å². The van der Waals surface area contributed by atoms with Crippen LogP contribution in [-0.4, -0.2) is 53.0 Å². The maximum Gasteiger partial charge on any atom is 0.317 e. The Morgan fingerprint density at radius 2 is 1.95 bits per heavy atom. The van der Waals surface area contributed by atoms with E-state index in [4.69, 9.17) is 0 Å². The van der Waals surface area contributed by atoms with Gasteiger partial charge in [0.1, 0.15) is 0 Å². The summed E-state index contributed by atoms with van der Waals surface area (Å²) in [6, 6.07) is 11.2. The van der Waals surface area contributed by atoms with Gasteiger partial charge in [-0.1, -0.05) is 18.2 Å². The predicted octanol–water partition coefficient (Wildman–Crippen LogP) is 2.16. The number of H-pyrrole nitrogens is 1. The number of para-hydroxylation sites is 1. The van der Waals surface area contributed by atoms with Gasteiger partial charge in [0.15, 0.2) is 0 Å². The molecule has 0 atom stereocenters. The molecule has 0 bridgehead atoms. The van der Waals surface area contributed by atoms with Gasteiger partial charge in [-0.3, -0.25) is 4.90 Å². The van der Waals surface area contributed by atoms with Gasteiger partial charge in [-0.05, 0) is 30.4 Å². The van der Waals surface area contributed by atoms with E-state index < -0.39 is 0 Å². The van der Waals surface area contributed by atoms with Crippen LogP contribution in [-0.2, 0) is 6.54 Å². The minimum atomic E-state index is 0.118. The van der Waals surface area contributed by atoms with E-state index in [2.05, 4.69) is 45.5 Å². The molecule has 5 heteroatoms. The Hall–Kier alpha value is -2.01. The second-order valence-corrected chi connectivity index (χ2v) is 6.37. The molecule has 1 aliphatic heterocycles. The van der Waals surface area contributed by atoms with Crippen molar-refractivity contribution in [3.05, 3.63) is 36.0 Å². The quantitative estimate of drug-likeness (QED) is 0.912. The molecule has 4 rings (SSSR count). The van der Waals surface area contributed by atoms with Crippen molar-refractivity contribution in [3.63, 3.8) is 0 Å². The van der Waals surface area contributed by atoms with Crippen molar-refractivity contribution in [1.82, 2.24) is 20.1 Å². The first-order chi connectivity index (χ1) is 10.8. The lowest BCUT2D eigenvalue weighted by Gasteiger charge is -2.34. The van der Waals surface area contributed by atoms with E-state index in [1.807, 2.05) is 4.90 Å². The number of carbonyl (C=O) groups excluding carboxylic acids is 1. The highest BCUT2D eigenvalue weighted by molar-refractivity contribution is 5.80. The number of aromatic nitrogens is 1. The second-order valence-electron chi connectivity index (χ2n) is 6.37. The Morgan fingerprint density at radius 3 is 2.68 bits per heavy atom. The minimum absolute atomic E-state index is 0.118. The molecule has 2 N–H and O–H groups in total. The summed E-state index contributed by atoms with van der Waals surface area (Å²) in [5, 5.41) is 4.33. The highest BCUT2D eigenvalue weighted by Crippen LogP contribution is 2.19. The van der Waals surface area contributed by atoms with Crippen molar-refractivity contribution < 1.29 is 4.79 Å². The molecule has 1 saturated heterocycles. The number of hydrogen-bond donors (Lipinski definition) is 2. The lowest BCUT2D eigenvalue weighted by molar-refractivity contribution is 0.134. The summed E-state index contributed by atoms with van der Waals surface area (Å²) < 4.78 is 0. The fourth-order valence-corrected chi connectivity index (χ4v) is 3.06. The summed E-state index contributed by atoms with van der Waals surface area (Å²) in [5.74, 6) is 0. The Kier molecular flexibility index (Phi) is 3.50. The average Bonchev–Trinajstić information content (AvgIpc) is 3.25. The topological polar surface area (TPSA) is 51.4 Å². The number of urea groups is 1. The van der Waals surface area contributed by atoms with Crippen LogP contribution in [0.5, 0.6) is 0 Å². The van der Waals surface area contributed by atoms with Crippen LogP contribution in [0.3, 0.4) is 0 Å². The van der Waals surface area contributed by atoms with Crippen LogP contribution in [0.1, 0.15) is 18.5 Å². The van der Waals surface area contributed by atoms with Gasteiger partial charge in [0.05, 0.1) is 0 Å². The average molecular weight is 298 g/mol. The summed E-state index contributed by atoms with van der Waals surface area (Å²) in [5.41, 5.74) is 2.44. The number of nitrogens with one attached hydrogen (secondary N) is 2. The van der Waals surface area contributed by atoms with Crippen LogP contribution in [0, 0.1) is 0 Å². The molecule has 2 heterocycles. The van der Waals surface area contributed by atoms with Crippen LogP contribution >= 0.6 is 0 Å². The van der Waals surface area contributed by atoms with Gasteiger partial charge in [0.2, 0.25) is 0 Å². The fourth-order valence-electron chi connectivity index (χ4n) is 3.06. The van der Waals surface area contributed by atoms with Crippen LogP contribution in [0.4, 0.5) is 4.79 Å². The summed E-state index contributed by atoms with van der Waals surface area (Å²) in [6.07, 6.45) is 2.29. The molecule has 22 heavy (non-hydrogen) atoms. The number of carbonyl (C=O) groups is 1. The smallest absolute Gasteiger partial charge is 0.317 e. The maximum atomic E-state index is 12.0.